The van der Waals surface area contributed by atoms with Gasteiger partial charge in [0.25, 0.3) is 0 Å². The Morgan fingerprint density at radius 1 is 1.46 bits per heavy atom. The maximum absolute atomic E-state index is 5.79. The van der Waals surface area contributed by atoms with Gasteiger partial charge >= 0.3 is 0 Å². The van der Waals surface area contributed by atoms with Crippen LogP contribution in [-0.2, 0) is 6.42 Å². The topological polar surface area (TPSA) is 35.2 Å². The normalized spacial score (nSPS) is 17.4. The number of rotatable bonds is 1. The van der Waals surface area contributed by atoms with Gasteiger partial charge in [0, 0.05) is 6.04 Å². The molecule has 2 nitrogen and oxygen atoms in total. The predicted octanol–water partition coefficient (Wildman–Crippen LogP) is 2.03. The van der Waals surface area contributed by atoms with E-state index < -0.39 is 0 Å². The molecule has 0 amide bonds. The van der Waals surface area contributed by atoms with Crippen LogP contribution in [0, 0.1) is 0 Å². The molecule has 0 bridgehead atoms. The fraction of sp³-hybridized carbons (Fsp3) is 0.455. The molecule has 0 saturated carbocycles. The molecule has 0 saturated heterocycles. The second-order valence-corrected chi connectivity index (χ2v) is 3.61. The van der Waals surface area contributed by atoms with Crippen molar-refractivity contribution >= 4 is 0 Å². The number of nitrogens with two attached hydrogens (primary N) is 1. The van der Waals surface area contributed by atoms with E-state index in [-0.39, 0.29) is 6.04 Å². The first-order valence-corrected chi connectivity index (χ1v) is 4.78. The summed E-state index contributed by atoms with van der Waals surface area (Å²) in [4.78, 5) is 0. The highest BCUT2D eigenvalue weighted by molar-refractivity contribution is 5.39. The summed E-state index contributed by atoms with van der Waals surface area (Å²) in [5.74, 6) is 1.03. The van der Waals surface area contributed by atoms with Crippen LogP contribution in [0.1, 0.15) is 30.5 Å². The van der Waals surface area contributed by atoms with Gasteiger partial charge in [0.1, 0.15) is 5.75 Å². The largest absolute Gasteiger partial charge is 0.493 e. The van der Waals surface area contributed by atoms with E-state index in [2.05, 4.69) is 18.2 Å². The van der Waals surface area contributed by atoms with Crippen LogP contribution in [0.2, 0.25) is 0 Å². The summed E-state index contributed by atoms with van der Waals surface area (Å²) < 4.78 is 5.56. The fourth-order valence-electron chi connectivity index (χ4n) is 1.64. The number of aryl methyl sites for hydroxylation is 1. The van der Waals surface area contributed by atoms with Gasteiger partial charge in [-0.05, 0) is 37.0 Å². The van der Waals surface area contributed by atoms with Crippen molar-refractivity contribution in [2.45, 2.75) is 25.8 Å². The first kappa shape index (κ1) is 8.57. The minimum Gasteiger partial charge on any atom is -0.493 e. The lowest BCUT2D eigenvalue weighted by Crippen LogP contribution is -2.10. The van der Waals surface area contributed by atoms with Gasteiger partial charge in [0.15, 0.2) is 0 Å². The Hall–Kier alpha value is -1.02. The lowest BCUT2D eigenvalue weighted by molar-refractivity contribution is 0.288. The second kappa shape index (κ2) is 3.38. The fourth-order valence-corrected chi connectivity index (χ4v) is 1.64. The van der Waals surface area contributed by atoms with Gasteiger partial charge in [0.05, 0.1) is 6.61 Å². The smallest absolute Gasteiger partial charge is 0.122 e. The zero-order valence-electron chi connectivity index (χ0n) is 7.92. The molecule has 70 valence electrons. The van der Waals surface area contributed by atoms with Crippen molar-refractivity contribution in [3.63, 3.8) is 0 Å². The molecular weight excluding hydrogens is 162 g/mol. The van der Waals surface area contributed by atoms with Crippen LogP contribution in [0.25, 0.3) is 0 Å². The van der Waals surface area contributed by atoms with Gasteiger partial charge in [-0.2, -0.15) is 0 Å². The summed E-state index contributed by atoms with van der Waals surface area (Å²) in [5.41, 5.74) is 8.26. The third-order valence-corrected chi connectivity index (χ3v) is 2.47. The summed E-state index contributed by atoms with van der Waals surface area (Å²) in [6, 6.07) is 6.39. The van der Waals surface area contributed by atoms with Gasteiger partial charge in [-0.1, -0.05) is 12.1 Å². The lowest BCUT2D eigenvalue weighted by Gasteiger charge is -2.18. The van der Waals surface area contributed by atoms with E-state index in [4.69, 9.17) is 10.5 Å². The maximum Gasteiger partial charge on any atom is 0.122 e. The number of hydrogen-bond donors (Lipinski definition) is 1. The molecule has 1 aromatic carbocycles. The molecule has 0 fully saturated rings. The molecule has 0 spiro atoms. The molecule has 0 aromatic heterocycles. The summed E-state index contributed by atoms with van der Waals surface area (Å²) >= 11 is 0. The lowest BCUT2D eigenvalue weighted by atomic mass is 10.0. The Morgan fingerprint density at radius 3 is 3.08 bits per heavy atom. The van der Waals surface area contributed by atoms with Crippen LogP contribution in [0.3, 0.4) is 0 Å². The molecule has 0 radical (unpaired) electrons. The van der Waals surface area contributed by atoms with Crippen molar-refractivity contribution in [1.82, 2.24) is 0 Å². The monoisotopic (exact) mass is 177 g/mol. The van der Waals surface area contributed by atoms with E-state index in [9.17, 15) is 0 Å². The minimum absolute atomic E-state index is 0.0934. The molecule has 1 aliphatic heterocycles. The molecule has 1 atom stereocenters. The second-order valence-electron chi connectivity index (χ2n) is 3.61. The van der Waals surface area contributed by atoms with Gasteiger partial charge in [-0.25, -0.2) is 0 Å². The van der Waals surface area contributed by atoms with Gasteiger partial charge in [-0.15, -0.1) is 0 Å². The van der Waals surface area contributed by atoms with Crippen molar-refractivity contribution < 1.29 is 4.74 Å². The molecule has 2 N–H and O–H groups in total. The van der Waals surface area contributed by atoms with E-state index in [1.807, 2.05) is 6.92 Å². The molecule has 1 unspecified atom stereocenters. The molecule has 13 heavy (non-hydrogen) atoms. The van der Waals surface area contributed by atoms with Crippen molar-refractivity contribution in [2.75, 3.05) is 6.61 Å². The molecule has 2 rings (SSSR count). The zero-order valence-corrected chi connectivity index (χ0v) is 7.92. The highest BCUT2D eigenvalue weighted by Crippen LogP contribution is 2.27. The van der Waals surface area contributed by atoms with E-state index in [0.29, 0.717) is 0 Å². The molecule has 1 aromatic rings. The van der Waals surface area contributed by atoms with E-state index in [0.717, 1.165) is 30.8 Å². The van der Waals surface area contributed by atoms with Crippen LogP contribution >= 0.6 is 0 Å². The Balaban J connectivity index is 2.35. The Labute approximate surface area is 78.7 Å². The molecular formula is C11H15NO. The third-order valence-electron chi connectivity index (χ3n) is 2.47. The first-order chi connectivity index (χ1) is 6.27. The van der Waals surface area contributed by atoms with Gasteiger partial charge < -0.3 is 10.5 Å². The first-order valence-electron chi connectivity index (χ1n) is 4.78. The standard InChI is InChI=1S/C11H15NO/c1-8(12)10-5-4-9-3-2-6-13-11(9)7-10/h4-5,7-8H,2-3,6,12H2,1H3. The summed E-state index contributed by atoms with van der Waals surface area (Å²) in [6.45, 7) is 2.83. The predicted molar refractivity (Wildman–Crippen MR) is 52.9 cm³/mol. The number of ether oxygens (including phenoxy) is 1. The SMILES string of the molecule is CC(N)c1ccc2c(c1)OCCC2. The van der Waals surface area contributed by atoms with Crippen molar-refractivity contribution in [3.05, 3.63) is 29.3 Å². The van der Waals surface area contributed by atoms with E-state index in [1.54, 1.807) is 0 Å². The molecule has 1 heterocycles. The van der Waals surface area contributed by atoms with Crippen molar-refractivity contribution in [1.29, 1.82) is 0 Å². The zero-order chi connectivity index (χ0) is 9.26. The number of fused-ring (bicyclic) bond motifs is 1. The maximum atomic E-state index is 5.79. The van der Waals surface area contributed by atoms with E-state index in [1.165, 1.54) is 5.56 Å². The average Bonchev–Trinajstić information content (AvgIpc) is 2.17. The van der Waals surface area contributed by atoms with Crippen molar-refractivity contribution in [3.8, 4) is 5.75 Å². The van der Waals surface area contributed by atoms with Crippen LogP contribution < -0.4 is 10.5 Å². The van der Waals surface area contributed by atoms with Crippen molar-refractivity contribution in [2.24, 2.45) is 5.73 Å². The summed E-state index contributed by atoms with van der Waals surface area (Å²) in [6.07, 6.45) is 2.26. The summed E-state index contributed by atoms with van der Waals surface area (Å²) in [5, 5.41) is 0. The number of hydrogen-bond acceptors (Lipinski definition) is 2. The average molecular weight is 177 g/mol. The quantitative estimate of drug-likeness (QED) is 0.712. The minimum atomic E-state index is 0.0934. The van der Waals surface area contributed by atoms with Crippen LogP contribution in [-0.4, -0.2) is 6.61 Å². The Bertz CT molecular complexity index is 307. The molecule has 2 heteroatoms. The Kier molecular flexibility index (Phi) is 2.23. The van der Waals surface area contributed by atoms with Gasteiger partial charge in [0.2, 0.25) is 0 Å². The number of benzene rings is 1. The van der Waals surface area contributed by atoms with Crippen LogP contribution in [0.4, 0.5) is 0 Å². The van der Waals surface area contributed by atoms with Crippen LogP contribution in [0.15, 0.2) is 18.2 Å². The van der Waals surface area contributed by atoms with Crippen LogP contribution in [0.5, 0.6) is 5.75 Å². The molecule has 1 aliphatic rings. The highest BCUT2D eigenvalue weighted by atomic mass is 16.5. The summed E-state index contributed by atoms with van der Waals surface area (Å²) in [7, 11) is 0. The van der Waals surface area contributed by atoms with Gasteiger partial charge in [-0.3, -0.25) is 0 Å². The Morgan fingerprint density at radius 2 is 2.31 bits per heavy atom. The van der Waals surface area contributed by atoms with E-state index >= 15 is 0 Å². The molecule has 0 aliphatic carbocycles. The third kappa shape index (κ3) is 1.68. The highest BCUT2D eigenvalue weighted by Gasteiger charge is 2.11.